The fourth-order valence-electron chi connectivity index (χ4n) is 3.61. The minimum atomic E-state index is -3.57. The number of nitrogens with one attached hydrogen (secondary N) is 1. The monoisotopic (exact) mass is 485 g/mol. The number of anilines is 1. The Kier molecular flexibility index (Phi) is 7.42. The van der Waals surface area contributed by atoms with Gasteiger partial charge in [0.2, 0.25) is 15.9 Å². The van der Waals surface area contributed by atoms with Gasteiger partial charge in [-0.25, -0.2) is 17.8 Å². The number of rotatable bonds is 7. The summed E-state index contributed by atoms with van der Waals surface area (Å²) < 4.78 is 40.4. The third kappa shape index (κ3) is 5.79. The molecule has 1 saturated heterocycles. The van der Waals surface area contributed by atoms with E-state index in [1.54, 1.807) is 12.1 Å². The Bertz CT molecular complexity index is 1180. The zero-order valence-corrected chi connectivity index (χ0v) is 19.5. The molecule has 6 nitrogen and oxygen atoms in total. The first-order valence-corrected chi connectivity index (χ1v) is 13.0. The van der Waals surface area contributed by atoms with Crippen LogP contribution < -0.4 is 5.32 Å². The number of hydrogen-bond donors (Lipinski definition) is 1. The predicted molar refractivity (Wildman–Crippen MR) is 127 cm³/mol. The third-order valence-electron chi connectivity index (χ3n) is 5.35. The van der Waals surface area contributed by atoms with Gasteiger partial charge >= 0.3 is 0 Å². The highest BCUT2D eigenvalue weighted by Crippen LogP contribution is 2.35. The first kappa shape index (κ1) is 23.4. The van der Waals surface area contributed by atoms with E-state index >= 15 is 0 Å². The van der Waals surface area contributed by atoms with Gasteiger partial charge in [-0.15, -0.1) is 0 Å². The van der Waals surface area contributed by atoms with Crippen LogP contribution in [0.1, 0.15) is 30.1 Å². The summed E-state index contributed by atoms with van der Waals surface area (Å²) in [6, 6.07) is 18.0. The van der Waals surface area contributed by atoms with Crippen molar-refractivity contribution in [2.75, 3.05) is 18.4 Å². The molecule has 0 spiro atoms. The Morgan fingerprint density at radius 2 is 1.67 bits per heavy atom. The summed E-state index contributed by atoms with van der Waals surface area (Å²) in [4.78, 5) is 17.6. The average Bonchev–Trinajstić information content (AvgIpc) is 2.85. The van der Waals surface area contributed by atoms with Crippen LogP contribution in [0.4, 0.5) is 10.1 Å². The fourth-order valence-corrected chi connectivity index (χ4v) is 6.03. The number of thioether (sulfide) groups is 1. The molecule has 172 valence electrons. The van der Waals surface area contributed by atoms with Crippen molar-refractivity contribution >= 4 is 33.4 Å². The molecule has 1 N–H and O–H groups in total. The summed E-state index contributed by atoms with van der Waals surface area (Å²) in [5.74, 6) is -0.671. The highest BCUT2D eigenvalue weighted by molar-refractivity contribution is 8.00. The Labute approximate surface area is 197 Å². The lowest BCUT2D eigenvalue weighted by molar-refractivity contribution is -0.115. The normalized spacial score (nSPS) is 15.7. The molecule has 0 unspecified atom stereocenters. The van der Waals surface area contributed by atoms with Crippen molar-refractivity contribution in [3.05, 3.63) is 84.3 Å². The van der Waals surface area contributed by atoms with Crippen molar-refractivity contribution in [3.8, 4) is 0 Å². The SMILES string of the molecule is O=C(Nc1ccc(F)cc1)[C@@H](Sc1ccc(S(=O)(=O)N2CCCCC2)cn1)c1ccccc1. The van der Waals surface area contributed by atoms with Crippen LogP contribution in [-0.2, 0) is 14.8 Å². The Hall–Kier alpha value is -2.75. The van der Waals surface area contributed by atoms with Crippen LogP contribution >= 0.6 is 11.8 Å². The third-order valence-corrected chi connectivity index (χ3v) is 8.44. The van der Waals surface area contributed by atoms with E-state index in [9.17, 15) is 17.6 Å². The van der Waals surface area contributed by atoms with Crippen LogP contribution in [0.25, 0.3) is 0 Å². The van der Waals surface area contributed by atoms with E-state index in [4.69, 9.17) is 0 Å². The smallest absolute Gasteiger partial charge is 0.244 e. The molecule has 1 aliphatic heterocycles. The Balaban J connectivity index is 1.53. The molecular weight excluding hydrogens is 461 g/mol. The van der Waals surface area contributed by atoms with Gasteiger partial charge in [-0.1, -0.05) is 48.5 Å². The highest BCUT2D eigenvalue weighted by atomic mass is 32.2. The molecule has 3 aromatic rings. The topological polar surface area (TPSA) is 79.4 Å². The van der Waals surface area contributed by atoms with Crippen molar-refractivity contribution in [2.24, 2.45) is 0 Å². The summed E-state index contributed by atoms with van der Waals surface area (Å²) in [7, 11) is -3.57. The molecule has 9 heteroatoms. The maximum absolute atomic E-state index is 13.2. The maximum atomic E-state index is 13.2. The lowest BCUT2D eigenvalue weighted by Gasteiger charge is -2.25. The molecule has 0 radical (unpaired) electrons. The number of amides is 1. The van der Waals surface area contributed by atoms with Gasteiger partial charge in [-0.3, -0.25) is 4.79 Å². The largest absolute Gasteiger partial charge is 0.325 e. The van der Waals surface area contributed by atoms with Crippen molar-refractivity contribution in [1.29, 1.82) is 0 Å². The van der Waals surface area contributed by atoms with Crippen LogP contribution in [-0.4, -0.2) is 36.7 Å². The number of sulfonamides is 1. The molecule has 2 heterocycles. The molecule has 0 bridgehead atoms. The molecule has 1 fully saturated rings. The highest BCUT2D eigenvalue weighted by Gasteiger charge is 2.27. The number of carbonyl (C=O) groups excluding carboxylic acids is 1. The molecule has 2 aromatic carbocycles. The molecule has 1 atom stereocenters. The van der Waals surface area contributed by atoms with Gasteiger partial charge in [-0.2, -0.15) is 4.31 Å². The molecule has 4 rings (SSSR count). The van der Waals surface area contributed by atoms with Gasteiger partial charge in [0.05, 0.1) is 5.03 Å². The van der Waals surface area contributed by atoms with E-state index in [2.05, 4.69) is 10.3 Å². The van der Waals surface area contributed by atoms with Gasteiger partial charge in [-0.05, 0) is 54.8 Å². The number of piperidine rings is 1. The van der Waals surface area contributed by atoms with Gasteiger partial charge in [0.1, 0.15) is 16.0 Å². The van der Waals surface area contributed by atoms with Gasteiger partial charge in [0, 0.05) is 25.0 Å². The molecule has 33 heavy (non-hydrogen) atoms. The average molecular weight is 486 g/mol. The second-order valence-corrected chi connectivity index (χ2v) is 10.8. The standard InChI is InChI=1S/C24H24FN3O3S2/c25-19-9-11-20(12-10-19)27-24(29)23(18-7-3-1-4-8-18)32-22-14-13-21(17-26-22)33(30,31)28-15-5-2-6-16-28/h1,3-4,7-14,17,23H,2,5-6,15-16H2,(H,27,29)/t23-/m0/s1. The van der Waals surface area contributed by atoms with Crippen molar-refractivity contribution in [3.63, 3.8) is 0 Å². The lowest BCUT2D eigenvalue weighted by atomic mass is 10.1. The lowest BCUT2D eigenvalue weighted by Crippen LogP contribution is -2.35. The van der Waals surface area contributed by atoms with Crippen LogP contribution in [0, 0.1) is 5.82 Å². The van der Waals surface area contributed by atoms with E-state index < -0.39 is 15.3 Å². The van der Waals surface area contributed by atoms with Crippen LogP contribution in [0.3, 0.4) is 0 Å². The first-order chi connectivity index (χ1) is 15.9. The molecule has 0 aliphatic carbocycles. The first-order valence-electron chi connectivity index (χ1n) is 10.7. The Morgan fingerprint density at radius 1 is 0.970 bits per heavy atom. The van der Waals surface area contributed by atoms with Crippen LogP contribution in [0.15, 0.2) is 82.8 Å². The van der Waals surface area contributed by atoms with Crippen LogP contribution in [0.2, 0.25) is 0 Å². The zero-order chi connectivity index (χ0) is 23.3. The van der Waals surface area contributed by atoms with E-state index in [0.29, 0.717) is 23.8 Å². The summed E-state index contributed by atoms with van der Waals surface area (Å²) in [5.41, 5.74) is 1.26. The van der Waals surface area contributed by atoms with Gasteiger partial charge in [0.25, 0.3) is 0 Å². The van der Waals surface area contributed by atoms with Crippen molar-refractivity contribution in [1.82, 2.24) is 9.29 Å². The molecule has 1 amide bonds. The number of hydrogen-bond acceptors (Lipinski definition) is 5. The van der Waals surface area contributed by atoms with Gasteiger partial charge in [0.15, 0.2) is 0 Å². The number of pyridine rings is 1. The summed E-state index contributed by atoms with van der Waals surface area (Å²) in [6.45, 7) is 1.05. The number of carbonyl (C=O) groups is 1. The van der Waals surface area contributed by atoms with E-state index in [1.807, 2.05) is 30.3 Å². The van der Waals surface area contributed by atoms with Gasteiger partial charge < -0.3 is 5.32 Å². The summed E-state index contributed by atoms with van der Waals surface area (Å²) >= 11 is 1.22. The predicted octanol–water partition coefficient (Wildman–Crippen LogP) is 4.87. The molecule has 0 saturated carbocycles. The number of aromatic nitrogens is 1. The quantitative estimate of drug-likeness (QED) is 0.483. The molecular formula is C24H24FN3O3S2. The minimum absolute atomic E-state index is 0.153. The number of halogens is 1. The van der Waals surface area contributed by atoms with E-state index in [-0.39, 0.29) is 16.6 Å². The zero-order valence-electron chi connectivity index (χ0n) is 17.9. The number of nitrogens with zero attached hydrogens (tertiary/aromatic N) is 2. The van der Waals surface area contributed by atoms with E-state index in [0.717, 1.165) is 24.8 Å². The second kappa shape index (κ2) is 10.5. The van der Waals surface area contributed by atoms with Crippen molar-refractivity contribution < 1.29 is 17.6 Å². The maximum Gasteiger partial charge on any atom is 0.244 e. The summed E-state index contributed by atoms with van der Waals surface area (Å²) in [5, 5.41) is 2.70. The van der Waals surface area contributed by atoms with Crippen LogP contribution in [0.5, 0.6) is 0 Å². The number of benzene rings is 2. The van der Waals surface area contributed by atoms with Crippen molar-refractivity contribution in [2.45, 2.75) is 34.4 Å². The van der Waals surface area contributed by atoms with E-state index in [1.165, 1.54) is 46.5 Å². The second-order valence-electron chi connectivity index (χ2n) is 7.70. The molecule has 1 aliphatic rings. The Morgan fingerprint density at radius 3 is 2.30 bits per heavy atom. The minimum Gasteiger partial charge on any atom is -0.325 e. The fraction of sp³-hybridized carbons (Fsp3) is 0.250. The summed E-state index contributed by atoms with van der Waals surface area (Å²) in [6.07, 6.45) is 4.12. The molecule has 1 aromatic heterocycles.